The van der Waals surface area contributed by atoms with Crippen molar-refractivity contribution >= 4 is 38.6 Å². The van der Waals surface area contributed by atoms with Crippen LogP contribution in [-0.2, 0) is 5.41 Å². The second kappa shape index (κ2) is 9.74. The van der Waals surface area contributed by atoms with Crippen LogP contribution in [0.5, 0.6) is 11.5 Å². The molecular formula is C48H33NO. The molecule has 3 aliphatic rings. The standard InChI is InChI=1S/C48H33NO/c1-28-10-18-35(19-11-28)49-42-22-13-30(3)25-44(42)50-45-27-34(17-23-43(45)49)33-16-21-37-36-20-12-29(2)24-40(36)48(41(37)26-33)38-8-4-6-31-14-15-32-7-5-9-39(48)47(32)46(31)38/h4-27H,1-3H3. The maximum Gasteiger partial charge on any atom is 0.152 e. The first kappa shape index (κ1) is 27.8. The van der Waals surface area contributed by atoms with Crippen molar-refractivity contribution < 1.29 is 4.74 Å². The summed E-state index contributed by atoms with van der Waals surface area (Å²) in [6.07, 6.45) is 0. The Kier molecular flexibility index (Phi) is 5.41. The Balaban J connectivity index is 1.13. The van der Waals surface area contributed by atoms with Gasteiger partial charge in [0, 0.05) is 5.69 Å². The molecular weight excluding hydrogens is 607 g/mol. The van der Waals surface area contributed by atoms with Gasteiger partial charge in [-0.15, -0.1) is 0 Å². The zero-order valence-corrected chi connectivity index (χ0v) is 28.2. The van der Waals surface area contributed by atoms with Crippen molar-refractivity contribution in [2.45, 2.75) is 26.2 Å². The SMILES string of the molecule is Cc1ccc(N2c3ccc(C)cc3Oc3cc(-c4ccc5c(c4)C4(c6cc(C)ccc6-5)c5cccc6ccc7cccc4c7c56)ccc32)cc1. The van der Waals surface area contributed by atoms with E-state index in [1.54, 1.807) is 0 Å². The lowest BCUT2D eigenvalue weighted by molar-refractivity contribution is 0.477. The van der Waals surface area contributed by atoms with E-state index in [4.69, 9.17) is 4.74 Å². The number of nitrogens with zero attached hydrogens (tertiary/aromatic N) is 1. The Morgan fingerprint density at radius 2 is 0.980 bits per heavy atom. The Hall–Kier alpha value is -6.12. The fraction of sp³-hybridized carbons (Fsp3) is 0.0833. The summed E-state index contributed by atoms with van der Waals surface area (Å²) in [5.74, 6) is 1.73. The first-order valence-corrected chi connectivity index (χ1v) is 17.5. The second-order valence-electron chi connectivity index (χ2n) is 14.4. The Morgan fingerprint density at radius 1 is 0.440 bits per heavy atom. The minimum atomic E-state index is -0.390. The van der Waals surface area contributed by atoms with Crippen LogP contribution in [0.4, 0.5) is 17.1 Å². The molecule has 8 aromatic rings. The van der Waals surface area contributed by atoms with Crippen LogP contribution in [0, 0.1) is 20.8 Å². The minimum Gasteiger partial charge on any atom is -0.453 e. The molecule has 0 saturated carbocycles. The summed E-state index contributed by atoms with van der Waals surface area (Å²) in [5, 5.41) is 5.38. The molecule has 1 heterocycles. The van der Waals surface area contributed by atoms with Gasteiger partial charge in [-0.2, -0.15) is 0 Å². The van der Waals surface area contributed by atoms with Crippen LogP contribution < -0.4 is 9.64 Å². The Bertz CT molecular complexity index is 2710. The van der Waals surface area contributed by atoms with E-state index in [0.29, 0.717) is 0 Å². The highest BCUT2D eigenvalue weighted by molar-refractivity contribution is 6.17. The average Bonchev–Trinajstić information content (AvgIpc) is 3.60. The van der Waals surface area contributed by atoms with Crippen LogP contribution in [0.1, 0.15) is 38.9 Å². The average molecular weight is 640 g/mol. The Labute approximate surface area is 291 Å². The highest BCUT2D eigenvalue weighted by atomic mass is 16.5. The number of anilines is 3. The molecule has 0 N–H and O–H groups in total. The summed E-state index contributed by atoms with van der Waals surface area (Å²) in [6.45, 7) is 6.47. The highest BCUT2D eigenvalue weighted by Gasteiger charge is 2.50. The molecule has 0 radical (unpaired) electrons. The first-order chi connectivity index (χ1) is 24.5. The lowest BCUT2D eigenvalue weighted by Gasteiger charge is -2.33. The van der Waals surface area contributed by atoms with E-state index in [1.807, 2.05) is 0 Å². The summed E-state index contributed by atoms with van der Waals surface area (Å²) >= 11 is 0. The molecule has 2 heteroatoms. The molecule has 0 saturated heterocycles. The van der Waals surface area contributed by atoms with Gasteiger partial charge in [-0.05, 0) is 135 Å². The topological polar surface area (TPSA) is 12.5 Å². The van der Waals surface area contributed by atoms with E-state index >= 15 is 0 Å². The molecule has 0 aromatic heterocycles. The van der Waals surface area contributed by atoms with Gasteiger partial charge in [0.1, 0.15) is 0 Å². The molecule has 11 rings (SSSR count). The number of benzene rings is 8. The maximum atomic E-state index is 6.72. The molecule has 0 unspecified atom stereocenters. The van der Waals surface area contributed by atoms with Crippen molar-refractivity contribution in [3.63, 3.8) is 0 Å². The van der Waals surface area contributed by atoms with Crippen molar-refractivity contribution in [3.05, 3.63) is 185 Å². The van der Waals surface area contributed by atoms with Crippen LogP contribution >= 0.6 is 0 Å². The molecule has 1 aliphatic heterocycles. The van der Waals surface area contributed by atoms with Crippen molar-refractivity contribution in [1.82, 2.24) is 0 Å². The van der Waals surface area contributed by atoms with Gasteiger partial charge in [0.15, 0.2) is 11.5 Å². The predicted octanol–water partition coefficient (Wildman–Crippen LogP) is 12.8. The van der Waals surface area contributed by atoms with Gasteiger partial charge in [0.05, 0.1) is 16.8 Å². The summed E-state index contributed by atoms with van der Waals surface area (Å²) in [5.41, 5.74) is 17.0. The minimum absolute atomic E-state index is 0.390. The van der Waals surface area contributed by atoms with E-state index in [2.05, 4.69) is 171 Å². The summed E-state index contributed by atoms with van der Waals surface area (Å²) in [4.78, 5) is 2.32. The zero-order chi connectivity index (χ0) is 33.3. The van der Waals surface area contributed by atoms with Gasteiger partial charge in [0.25, 0.3) is 0 Å². The fourth-order valence-corrected chi connectivity index (χ4v) is 9.19. The van der Waals surface area contributed by atoms with Gasteiger partial charge in [-0.3, -0.25) is 0 Å². The quantitative estimate of drug-likeness (QED) is 0.175. The lowest BCUT2D eigenvalue weighted by Crippen LogP contribution is -2.26. The summed E-state index contributed by atoms with van der Waals surface area (Å²) < 4.78 is 6.72. The molecule has 50 heavy (non-hydrogen) atoms. The third-order valence-corrected chi connectivity index (χ3v) is 11.4. The van der Waals surface area contributed by atoms with E-state index in [0.717, 1.165) is 34.1 Å². The molecule has 2 nitrogen and oxygen atoms in total. The predicted molar refractivity (Wildman–Crippen MR) is 207 cm³/mol. The molecule has 0 amide bonds. The van der Waals surface area contributed by atoms with Crippen LogP contribution in [0.15, 0.2) is 146 Å². The number of rotatable bonds is 2. The number of fused-ring (bicyclic) bond motifs is 9. The third-order valence-electron chi connectivity index (χ3n) is 11.4. The number of aryl methyl sites for hydroxylation is 3. The van der Waals surface area contributed by atoms with Crippen molar-refractivity contribution in [2.24, 2.45) is 0 Å². The van der Waals surface area contributed by atoms with E-state index in [9.17, 15) is 0 Å². The number of hydrogen-bond acceptors (Lipinski definition) is 2. The lowest BCUT2D eigenvalue weighted by atomic mass is 9.69. The van der Waals surface area contributed by atoms with Crippen LogP contribution in [0.3, 0.4) is 0 Å². The number of ether oxygens (including phenoxy) is 1. The maximum absolute atomic E-state index is 6.72. The van der Waals surface area contributed by atoms with Gasteiger partial charge >= 0.3 is 0 Å². The summed E-state index contributed by atoms with van der Waals surface area (Å²) in [6, 6.07) is 54.4. The van der Waals surface area contributed by atoms with Gasteiger partial charge in [-0.1, -0.05) is 114 Å². The van der Waals surface area contributed by atoms with Crippen molar-refractivity contribution in [1.29, 1.82) is 0 Å². The molecule has 0 atom stereocenters. The molecule has 236 valence electrons. The van der Waals surface area contributed by atoms with Crippen LogP contribution in [0.25, 0.3) is 43.8 Å². The number of hydrogen-bond donors (Lipinski definition) is 0. The fourth-order valence-electron chi connectivity index (χ4n) is 9.19. The van der Waals surface area contributed by atoms with Gasteiger partial charge in [0.2, 0.25) is 0 Å². The summed E-state index contributed by atoms with van der Waals surface area (Å²) in [7, 11) is 0. The van der Waals surface area contributed by atoms with Crippen molar-refractivity contribution in [2.75, 3.05) is 4.90 Å². The van der Waals surface area contributed by atoms with Gasteiger partial charge < -0.3 is 9.64 Å². The van der Waals surface area contributed by atoms with Gasteiger partial charge in [-0.25, -0.2) is 0 Å². The monoisotopic (exact) mass is 639 g/mol. The van der Waals surface area contributed by atoms with Crippen LogP contribution in [0.2, 0.25) is 0 Å². The second-order valence-corrected chi connectivity index (χ2v) is 14.4. The third kappa shape index (κ3) is 3.53. The molecule has 8 aromatic carbocycles. The molecule has 1 spiro atoms. The zero-order valence-electron chi connectivity index (χ0n) is 28.2. The van der Waals surface area contributed by atoms with E-state index in [-0.39, 0.29) is 0 Å². The molecule has 2 aliphatic carbocycles. The molecule has 0 bridgehead atoms. The smallest absolute Gasteiger partial charge is 0.152 e. The first-order valence-electron chi connectivity index (χ1n) is 17.5. The largest absolute Gasteiger partial charge is 0.453 e. The highest BCUT2D eigenvalue weighted by Crippen LogP contribution is 2.63. The Morgan fingerprint density at radius 3 is 1.70 bits per heavy atom. The normalized spacial score (nSPS) is 14.2. The molecule has 0 fully saturated rings. The van der Waals surface area contributed by atoms with E-state index in [1.165, 1.54) is 77.2 Å². The van der Waals surface area contributed by atoms with E-state index < -0.39 is 5.41 Å². The van der Waals surface area contributed by atoms with Crippen molar-refractivity contribution in [3.8, 4) is 33.8 Å². The van der Waals surface area contributed by atoms with Crippen LogP contribution in [-0.4, -0.2) is 0 Å².